The third-order valence-electron chi connectivity index (χ3n) is 3.64. The van der Waals surface area contributed by atoms with Crippen molar-refractivity contribution in [2.45, 2.75) is 31.1 Å². The molecule has 1 heterocycles. The monoisotopic (exact) mass is 312 g/mol. The molecule has 118 valence electrons. The molecule has 0 bridgehead atoms. The zero-order valence-electron chi connectivity index (χ0n) is 12.5. The van der Waals surface area contributed by atoms with Crippen molar-refractivity contribution in [2.24, 2.45) is 5.92 Å². The highest BCUT2D eigenvalue weighted by Crippen LogP contribution is 2.18. The Bertz CT molecular complexity index is 522. The van der Waals surface area contributed by atoms with Crippen LogP contribution in [0.5, 0.6) is 0 Å². The highest BCUT2D eigenvalue weighted by molar-refractivity contribution is 7.89. The first-order valence-electron chi connectivity index (χ1n) is 7.53. The molecule has 5 nitrogen and oxygen atoms in total. The van der Waals surface area contributed by atoms with E-state index in [1.165, 1.54) is 0 Å². The van der Waals surface area contributed by atoms with Gasteiger partial charge in [0.25, 0.3) is 0 Å². The number of anilines is 1. The van der Waals surface area contributed by atoms with E-state index in [1.54, 1.807) is 12.1 Å². The number of nitrogens with one attached hydrogen (secondary N) is 2. The Morgan fingerprint density at radius 1 is 1.19 bits per heavy atom. The van der Waals surface area contributed by atoms with Gasteiger partial charge in [-0.05, 0) is 49.4 Å². The van der Waals surface area contributed by atoms with Crippen molar-refractivity contribution in [3.63, 3.8) is 0 Å². The number of hydrogen-bond donors (Lipinski definition) is 2. The van der Waals surface area contributed by atoms with Crippen LogP contribution in [-0.4, -0.2) is 34.7 Å². The van der Waals surface area contributed by atoms with Crippen LogP contribution in [0.4, 0.5) is 5.69 Å². The molecule has 2 N–H and O–H groups in total. The van der Waals surface area contributed by atoms with Gasteiger partial charge in [0.1, 0.15) is 0 Å². The summed E-state index contributed by atoms with van der Waals surface area (Å²) in [6.45, 7) is 4.99. The Labute approximate surface area is 127 Å². The number of ether oxygens (including phenoxy) is 1. The summed E-state index contributed by atoms with van der Waals surface area (Å²) >= 11 is 0. The maximum atomic E-state index is 12.0. The van der Waals surface area contributed by atoms with Gasteiger partial charge in [-0.1, -0.05) is 6.92 Å². The molecule has 0 amide bonds. The topological polar surface area (TPSA) is 67.4 Å². The van der Waals surface area contributed by atoms with Gasteiger partial charge in [0.15, 0.2) is 0 Å². The molecule has 1 fully saturated rings. The summed E-state index contributed by atoms with van der Waals surface area (Å²) in [5.41, 5.74) is 0.955. The summed E-state index contributed by atoms with van der Waals surface area (Å²) in [5.74, 6) is 0.633. The van der Waals surface area contributed by atoms with E-state index < -0.39 is 10.0 Å². The molecule has 2 rings (SSSR count). The van der Waals surface area contributed by atoms with Gasteiger partial charge in [-0.2, -0.15) is 0 Å². The normalized spacial score (nSPS) is 16.8. The third-order valence-corrected chi connectivity index (χ3v) is 5.12. The Morgan fingerprint density at radius 3 is 2.48 bits per heavy atom. The van der Waals surface area contributed by atoms with Gasteiger partial charge in [-0.15, -0.1) is 0 Å². The molecule has 1 aliphatic rings. The van der Waals surface area contributed by atoms with Crippen molar-refractivity contribution >= 4 is 15.7 Å². The molecule has 0 spiro atoms. The predicted molar refractivity (Wildman–Crippen MR) is 84.0 cm³/mol. The first-order valence-corrected chi connectivity index (χ1v) is 9.01. The van der Waals surface area contributed by atoms with Gasteiger partial charge in [-0.25, -0.2) is 13.1 Å². The van der Waals surface area contributed by atoms with Crippen molar-refractivity contribution in [1.29, 1.82) is 0 Å². The van der Waals surface area contributed by atoms with Gasteiger partial charge >= 0.3 is 0 Å². The van der Waals surface area contributed by atoms with E-state index >= 15 is 0 Å². The maximum Gasteiger partial charge on any atom is 0.240 e. The molecular weight excluding hydrogens is 288 g/mol. The molecule has 1 aromatic rings. The van der Waals surface area contributed by atoms with Gasteiger partial charge in [0.05, 0.1) is 4.90 Å². The van der Waals surface area contributed by atoms with Gasteiger partial charge in [0, 0.05) is 32.0 Å². The molecule has 0 aliphatic carbocycles. The lowest BCUT2D eigenvalue weighted by Gasteiger charge is -2.22. The van der Waals surface area contributed by atoms with E-state index in [9.17, 15) is 8.42 Å². The minimum Gasteiger partial charge on any atom is -0.385 e. The van der Waals surface area contributed by atoms with Gasteiger partial charge < -0.3 is 10.1 Å². The summed E-state index contributed by atoms with van der Waals surface area (Å²) < 4.78 is 31.8. The molecule has 1 aromatic carbocycles. The summed E-state index contributed by atoms with van der Waals surface area (Å²) in [7, 11) is -3.37. The summed E-state index contributed by atoms with van der Waals surface area (Å²) in [6, 6.07) is 6.92. The maximum absolute atomic E-state index is 12.0. The standard InChI is InChI=1S/C15H24N2O3S/c1-2-9-17-21(18,19)15-5-3-14(4-6-15)16-12-13-7-10-20-11-8-13/h3-6,13,16-17H,2,7-12H2,1H3. The summed E-state index contributed by atoms with van der Waals surface area (Å²) in [5, 5.41) is 3.37. The quantitative estimate of drug-likeness (QED) is 0.810. The van der Waals surface area contributed by atoms with Crippen molar-refractivity contribution in [1.82, 2.24) is 4.72 Å². The van der Waals surface area contributed by atoms with Crippen LogP contribution in [0.2, 0.25) is 0 Å². The molecular formula is C15H24N2O3S. The zero-order valence-corrected chi connectivity index (χ0v) is 13.3. The van der Waals surface area contributed by atoms with Crippen molar-refractivity contribution < 1.29 is 13.2 Å². The predicted octanol–water partition coefficient (Wildman–Crippen LogP) is 2.21. The Balaban J connectivity index is 1.89. The van der Waals surface area contributed by atoms with Crippen molar-refractivity contribution in [2.75, 3.05) is 31.6 Å². The summed E-state index contributed by atoms with van der Waals surface area (Å²) in [4.78, 5) is 0.313. The van der Waals surface area contributed by atoms with E-state index in [1.807, 2.05) is 19.1 Å². The van der Waals surface area contributed by atoms with Crippen LogP contribution in [0, 0.1) is 5.92 Å². The second kappa shape index (κ2) is 7.77. The zero-order chi connectivity index (χ0) is 15.1. The van der Waals surface area contributed by atoms with Gasteiger partial charge in [0.2, 0.25) is 10.0 Å². The molecule has 0 saturated carbocycles. The second-order valence-electron chi connectivity index (χ2n) is 5.36. The fraction of sp³-hybridized carbons (Fsp3) is 0.600. The minimum atomic E-state index is -3.37. The SMILES string of the molecule is CCCNS(=O)(=O)c1ccc(NCC2CCOCC2)cc1. The number of hydrogen-bond acceptors (Lipinski definition) is 4. The first-order chi connectivity index (χ1) is 10.1. The van der Waals surface area contributed by atoms with Crippen LogP contribution in [0.25, 0.3) is 0 Å². The smallest absolute Gasteiger partial charge is 0.240 e. The lowest BCUT2D eigenvalue weighted by atomic mass is 10.0. The largest absolute Gasteiger partial charge is 0.385 e. The molecule has 0 aromatic heterocycles. The minimum absolute atomic E-state index is 0.313. The average molecular weight is 312 g/mol. The highest BCUT2D eigenvalue weighted by Gasteiger charge is 2.14. The molecule has 0 unspecified atom stereocenters. The number of rotatable bonds is 7. The van der Waals surface area contributed by atoms with Crippen LogP contribution >= 0.6 is 0 Å². The Morgan fingerprint density at radius 2 is 1.86 bits per heavy atom. The van der Waals surface area contributed by atoms with Crippen LogP contribution in [0.3, 0.4) is 0 Å². The average Bonchev–Trinajstić information content (AvgIpc) is 2.52. The lowest BCUT2D eigenvalue weighted by Crippen LogP contribution is -2.24. The van der Waals surface area contributed by atoms with Crippen LogP contribution in [0.15, 0.2) is 29.2 Å². The Kier molecular flexibility index (Phi) is 6.02. The van der Waals surface area contributed by atoms with Crippen molar-refractivity contribution in [3.8, 4) is 0 Å². The number of sulfonamides is 1. The fourth-order valence-corrected chi connectivity index (χ4v) is 3.42. The molecule has 0 radical (unpaired) electrons. The molecule has 1 saturated heterocycles. The van der Waals surface area contributed by atoms with Crippen molar-refractivity contribution in [3.05, 3.63) is 24.3 Å². The Hall–Kier alpha value is -1.11. The van der Waals surface area contributed by atoms with Crippen LogP contribution in [0.1, 0.15) is 26.2 Å². The number of benzene rings is 1. The van der Waals surface area contributed by atoms with E-state index in [4.69, 9.17) is 4.74 Å². The first kappa shape index (κ1) is 16.3. The van der Waals surface area contributed by atoms with Gasteiger partial charge in [-0.3, -0.25) is 0 Å². The molecule has 0 atom stereocenters. The molecule has 1 aliphatic heterocycles. The van der Waals surface area contributed by atoms with E-state index in [0.717, 1.165) is 44.7 Å². The van der Waals surface area contributed by atoms with E-state index in [2.05, 4.69) is 10.0 Å². The second-order valence-corrected chi connectivity index (χ2v) is 7.13. The van der Waals surface area contributed by atoms with E-state index in [0.29, 0.717) is 17.4 Å². The molecule has 6 heteroatoms. The third kappa shape index (κ3) is 4.98. The highest BCUT2D eigenvalue weighted by atomic mass is 32.2. The lowest BCUT2D eigenvalue weighted by molar-refractivity contribution is 0.0699. The fourth-order valence-electron chi connectivity index (χ4n) is 2.28. The summed E-state index contributed by atoms with van der Waals surface area (Å²) in [6.07, 6.45) is 2.95. The van der Waals surface area contributed by atoms with Crippen LogP contribution in [-0.2, 0) is 14.8 Å². The molecule has 21 heavy (non-hydrogen) atoms. The van der Waals surface area contributed by atoms with E-state index in [-0.39, 0.29) is 0 Å². The van der Waals surface area contributed by atoms with Crippen LogP contribution < -0.4 is 10.0 Å².